The normalized spacial score (nSPS) is 18.8. The molecular formula is C17H24N4O3. The first-order valence-corrected chi connectivity index (χ1v) is 8.29. The number of carbonyl (C=O) groups excluding carboxylic acids is 1. The summed E-state index contributed by atoms with van der Waals surface area (Å²) in [5.41, 5.74) is 1.88. The number of fused-ring (bicyclic) bond motifs is 1. The number of hydrogen-bond donors (Lipinski definition) is 1. The smallest absolute Gasteiger partial charge is 0.252 e. The maximum atomic E-state index is 12.2. The van der Waals surface area contributed by atoms with Crippen molar-refractivity contribution in [1.82, 2.24) is 5.32 Å². The predicted octanol–water partition coefficient (Wildman–Crippen LogP) is 0.885. The Morgan fingerprint density at radius 2 is 2.42 bits per heavy atom. The third-order valence-corrected chi connectivity index (χ3v) is 4.26. The van der Waals surface area contributed by atoms with Crippen LogP contribution in [0, 0.1) is 0 Å². The zero-order valence-corrected chi connectivity index (χ0v) is 14.2. The average Bonchev–Trinajstić information content (AvgIpc) is 3.09. The molecule has 0 fully saturated rings. The zero-order valence-electron chi connectivity index (χ0n) is 14.2. The van der Waals surface area contributed by atoms with Crippen molar-refractivity contribution in [2.75, 3.05) is 56.3 Å². The first kappa shape index (κ1) is 16.6. The van der Waals surface area contributed by atoms with Gasteiger partial charge in [-0.3, -0.25) is 9.79 Å². The molecule has 2 aliphatic heterocycles. The number of nitrogens with one attached hydrogen (secondary N) is 1. The Bertz CT molecular complexity index is 620. The third-order valence-electron chi connectivity index (χ3n) is 4.26. The van der Waals surface area contributed by atoms with Crippen LogP contribution in [0.5, 0.6) is 5.75 Å². The van der Waals surface area contributed by atoms with Crippen molar-refractivity contribution in [2.45, 2.75) is 13.0 Å². The molecule has 1 aromatic rings. The van der Waals surface area contributed by atoms with E-state index >= 15 is 0 Å². The summed E-state index contributed by atoms with van der Waals surface area (Å²) in [7, 11) is 1.53. The topological polar surface area (TPSA) is 66.4 Å². The van der Waals surface area contributed by atoms with Gasteiger partial charge in [-0.1, -0.05) is 0 Å². The number of benzene rings is 1. The van der Waals surface area contributed by atoms with Crippen LogP contribution < -0.4 is 19.9 Å². The number of aliphatic imine (C=N–C) groups is 1. The highest BCUT2D eigenvalue weighted by Crippen LogP contribution is 2.35. The zero-order chi connectivity index (χ0) is 16.9. The number of nitrogens with zero attached hydrogens (tertiary/aromatic N) is 3. The molecule has 7 nitrogen and oxygen atoms in total. The molecule has 0 aliphatic carbocycles. The first-order chi connectivity index (χ1) is 11.7. The molecule has 0 saturated carbocycles. The predicted molar refractivity (Wildman–Crippen MR) is 94.3 cm³/mol. The molecular weight excluding hydrogens is 308 g/mol. The molecule has 0 aromatic heterocycles. The van der Waals surface area contributed by atoms with E-state index in [1.807, 2.05) is 25.1 Å². The maximum absolute atomic E-state index is 12.2. The van der Waals surface area contributed by atoms with E-state index in [-0.39, 0.29) is 18.6 Å². The molecule has 1 amide bonds. The van der Waals surface area contributed by atoms with Gasteiger partial charge in [0.05, 0.1) is 24.6 Å². The van der Waals surface area contributed by atoms with Crippen molar-refractivity contribution in [1.29, 1.82) is 0 Å². The van der Waals surface area contributed by atoms with E-state index in [9.17, 15) is 4.79 Å². The van der Waals surface area contributed by atoms with Gasteiger partial charge in [0.25, 0.3) is 5.91 Å². The molecule has 2 aliphatic rings. The highest BCUT2D eigenvalue weighted by Gasteiger charge is 2.24. The van der Waals surface area contributed by atoms with Gasteiger partial charge in [-0.15, -0.1) is 0 Å². The first-order valence-electron chi connectivity index (χ1n) is 8.29. The fourth-order valence-corrected chi connectivity index (χ4v) is 3.09. The summed E-state index contributed by atoms with van der Waals surface area (Å²) in [5, 5.41) is 3.14. The van der Waals surface area contributed by atoms with Gasteiger partial charge in [-0.05, 0) is 25.1 Å². The molecule has 130 valence electrons. The lowest BCUT2D eigenvalue weighted by Crippen LogP contribution is -2.39. The monoisotopic (exact) mass is 332 g/mol. The Balaban J connectivity index is 1.83. The number of hydrogen-bond acceptors (Lipinski definition) is 6. The van der Waals surface area contributed by atoms with Crippen molar-refractivity contribution in [3.05, 3.63) is 18.2 Å². The number of anilines is 2. The van der Waals surface area contributed by atoms with Crippen LogP contribution in [-0.4, -0.2) is 64.8 Å². The van der Waals surface area contributed by atoms with E-state index in [2.05, 4.69) is 15.2 Å². The van der Waals surface area contributed by atoms with E-state index in [4.69, 9.17) is 9.47 Å². The molecule has 1 unspecified atom stereocenters. The van der Waals surface area contributed by atoms with Crippen molar-refractivity contribution >= 4 is 23.6 Å². The highest BCUT2D eigenvalue weighted by molar-refractivity contribution is 5.95. The quantitative estimate of drug-likeness (QED) is 0.838. The van der Waals surface area contributed by atoms with Crippen LogP contribution in [-0.2, 0) is 9.53 Å². The summed E-state index contributed by atoms with van der Waals surface area (Å²) in [4.78, 5) is 20.7. The number of rotatable bonds is 6. The van der Waals surface area contributed by atoms with Gasteiger partial charge in [-0.2, -0.15) is 0 Å². The Morgan fingerprint density at radius 3 is 3.12 bits per heavy atom. The fourth-order valence-electron chi connectivity index (χ4n) is 3.09. The molecule has 0 radical (unpaired) electrons. The lowest BCUT2D eigenvalue weighted by atomic mass is 10.1. The summed E-state index contributed by atoms with van der Waals surface area (Å²) in [5.74, 6) is 0.808. The van der Waals surface area contributed by atoms with Crippen LogP contribution in [0.4, 0.5) is 11.4 Å². The Morgan fingerprint density at radius 1 is 1.54 bits per heavy atom. The number of amides is 1. The Kier molecular flexibility index (Phi) is 5.20. The molecule has 1 aromatic carbocycles. The minimum atomic E-state index is -0.0483. The van der Waals surface area contributed by atoms with Crippen LogP contribution in [0.1, 0.15) is 6.92 Å². The van der Waals surface area contributed by atoms with Crippen molar-refractivity contribution in [2.24, 2.45) is 4.99 Å². The number of ether oxygens (including phenoxy) is 2. The van der Waals surface area contributed by atoms with Crippen molar-refractivity contribution in [3.8, 4) is 5.75 Å². The summed E-state index contributed by atoms with van der Waals surface area (Å²) >= 11 is 0. The molecule has 1 N–H and O–H groups in total. The van der Waals surface area contributed by atoms with Crippen LogP contribution in [0.25, 0.3) is 0 Å². The van der Waals surface area contributed by atoms with Crippen LogP contribution >= 0.6 is 0 Å². The second-order valence-corrected chi connectivity index (χ2v) is 5.86. The summed E-state index contributed by atoms with van der Waals surface area (Å²) in [6.07, 6.45) is 1.77. The Hall–Kier alpha value is -2.28. The molecule has 0 saturated heterocycles. The second-order valence-electron chi connectivity index (χ2n) is 5.86. The summed E-state index contributed by atoms with van der Waals surface area (Å²) in [6, 6.07) is 6.14. The van der Waals surface area contributed by atoms with Gasteiger partial charge >= 0.3 is 0 Å². The number of likely N-dealkylation sites (N-methyl/N-ethyl adjacent to an activating group) is 1. The number of carbonyl (C=O) groups is 1. The van der Waals surface area contributed by atoms with Gasteiger partial charge < -0.3 is 24.6 Å². The molecule has 0 bridgehead atoms. The number of methoxy groups -OCH3 is 1. The average molecular weight is 332 g/mol. The standard InChI is InChI=1S/C17H24N4O3/c1-3-21(17(22)11-23-2)14-4-5-16-15(8-14)20(6-7-24-16)10-13-9-18-12-19-13/h4-5,8,12-13H,3,6-7,9-11H2,1-2H3,(H,18,19). The van der Waals surface area contributed by atoms with Crippen LogP contribution in [0.2, 0.25) is 0 Å². The molecule has 24 heavy (non-hydrogen) atoms. The van der Waals surface area contributed by atoms with Gasteiger partial charge in [-0.25, -0.2) is 0 Å². The van der Waals surface area contributed by atoms with Gasteiger partial charge in [0.2, 0.25) is 0 Å². The van der Waals surface area contributed by atoms with E-state index in [1.54, 1.807) is 11.2 Å². The second kappa shape index (κ2) is 7.53. The van der Waals surface area contributed by atoms with Crippen molar-refractivity contribution < 1.29 is 14.3 Å². The molecule has 1 atom stereocenters. The third kappa shape index (κ3) is 3.46. The summed E-state index contributed by atoms with van der Waals surface area (Å²) in [6.45, 7) is 5.81. The maximum Gasteiger partial charge on any atom is 0.252 e. The van der Waals surface area contributed by atoms with Crippen molar-refractivity contribution in [3.63, 3.8) is 0 Å². The van der Waals surface area contributed by atoms with Gasteiger partial charge in [0.1, 0.15) is 19.0 Å². The van der Waals surface area contributed by atoms with E-state index < -0.39 is 0 Å². The molecule has 7 heteroatoms. The molecule has 2 heterocycles. The van der Waals surface area contributed by atoms with Crippen LogP contribution in [0.3, 0.4) is 0 Å². The fraction of sp³-hybridized carbons (Fsp3) is 0.529. The summed E-state index contributed by atoms with van der Waals surface area (Å²) < 4.78 is 10.8. The van der Waals surface area contributed by atoms with E-state index in [0.717, 1.165) is 36.8 Å². The largest absolute Gasteiger partial charge is 0.490 e. The van der Waals surface area contributed by atoms with E-state index in [0.29, 0.717) is 13.2 Å². The lowest BCUT2D eigenvalue weighted by Gasteiger charge is -2.33. The SMILES string of the molecule is CCN(C(=O)COC)c1ccc2c(c1)N(CC1CNC=N1)CCO2. The van der Waals surface area contributed by atoms with Crippen LogP contribution in [0.15, 0.2) is 23.2 Å². The lowest BCUT2D eigenvalue weighted by molar-refractivity contribution is -0.122. The Labute approximate surface area is 142 Å². The van der Waals surface area contributed by atoms with Gasteiger partial charge in [0, 0.05) is 32.4 Å². The minimum Gasteiger partial charge on any atom is -0.490 e. The molecule has 3 rings (SSSR count). The van der Waals surface area contributed by atoms with E-state index in [1.165, 1.54) is 7.11 Å². The van der Waals surface area contributed by atoms with Gasteiger partial charge in [0.15, 0.2) is 0 Å². The highest BCUT2D eigenvalue weighted by atomic mass is 16.5. The molecule has 0 spiro atoms. The minimum absolute atomic E-state index is 0.0483.